The monoisotopic (exact) mass is 383 g/mol. The lowest BCUT2D eigenvalue weighted by Crippen LogP contribution is -2.35. The van der Waals surface area contributed by atoms with E-state index in [4.69, 9.17) is 0 Å². The predicted octanol–water partition coefficient (Wildman–Crippen LogP) is 3.28. The molecule has 0 spiro atoms. The summed E-state index contributed by atoms with van der Waals surface area (Å²) in [6, 6.07) is 4.98. The third-order valence-corrected chi connectivity index (χ3v) is 4.91. The van der Waals surface area contributed by atoms with E-state index in [1.807, 2.05) is 25.4 Å². The SMILES string of the molecule is CSNc1cc(F)nc(N2CCc3nc(-c4ncccn4)ncc3C2C)c1. The fourth-order valence-corrected chi connectivity index (χ4v) is 3.56. The Balaban J connectivity index is 1.65. The molecule has 1 aliphatic rings. The van der Waals surface area contributed by atoms with Gasteiger partial charge in [0.05, 0.1) is 17.4 Å². The minimum absolute atomic E-state index is 0.0177. The second kappa shape index (κ2) is 7.43. The Hall–Kier alpha value is -2.81. The van der Waals surface area contributed by atoms with Crippen LogP contribution in [0.4, 0.5) is 15.9 Å². The molecule has 7 nitrogen and oxygen atoms in total. The molecule has 0 bridgehead atoms. The van der Waals surface area contributed by atoms with Crippen LogP contribution in [0.1, 0.15) is 24.2 Å². The molecule has 0 amide bonds. The molecule has 0 aromatic carbocycles. The Kier molecular flexibility index (Phi) is 4.85. The molecule has 1 aliphatic heterocycles. The zero-order valence-electron chi connectivity index (χ0n) is 14.9. The summed E-state index contributed by atoms with van der Waals surface area (Å²) in [6.45, 7) is 2.74. The fourth-order valence-electron chi connectivity index (χ4n) is 3.21. The van der Waals surface area contributed by atoms with Crippen LogP contribution in [-0.2, 0) is 6.42 Å². The standard InChI is InChI=1S/C18H18FN7S/c1-11-13-10-22-18(17-20-5-3-6-21-17)23-14(13)4-7-26(11)16-9-12(25-27-2)8-15(19)24-16/h3,5-6,8-11H,4,7H2,1-2H3,(H,24,25). The summed E-state index contributed by atoms with van der Waals surface area (Å²) in [7, 11) is 0. The molecule has 0 saturated heterocycles. The number of hydrogen-bond donors (Lipinski definition) is 1. The Morgan fingerprint density at radius 1 is 1.15 bits per heavy atom. The van der Waals surface area contributed by atoms with Crippen molar-refractivity contribution in [3.63, 3.8) is 0 Å². The Labute approximate surface area is 160 Å². The molecule has 0 saturated carbocycles. The first kappa shape index (κ1) is 17.6. The summed E-state index contributed by atoms with van der Waals surface area (Å²) in [5.41, 5.74) is 2.66. The van der Waals surface area contributed by atoms with Crippen LogP contribution in [0.5, 0.6) is 0 Å². The highest BCUT2D eigenvalue weighted by molar-refractivity contribution is 7.99. The maximum atomic E-state index is 13.9. The largest absolute Gasteiger partial charge is 0.349 e. The summed E-state index contributed by atoms with van der Waals surface area (Å²) in [4.78, 5) is 23.7. The van der Waals surface area contributed by atoms with Gasteiger partial charge in [0.25, 0.3) is 0 Å². The minimum atomic E-state index is -0.505. The van der Waals surface area contributed by atoms with Gasteiger partial charge in [-0.15, -0.1) is 0 Å². The number of halogens is 1. The number of rotatable bonds is 4. The highest BCUT2D eigenvalue weighted by atomic mass is 32.2. The lowest BCUT2D eigenvalue weighted by Gasteiger charge is -2.35. The summed E-state index contributed by atoms with van der Waals surface area (Å²) in [5.74, 6) is 1.12. The summed E-state index contributed by atoms with van der Waals surface area (Å²) < 4.78 is 17.0. The molecule has 4 heterocycles. The molecule has 1 atom stereocenters. The number of hydrogen-bond acceptors (Lipinski definition) is 8. The van der Waals surface area contributed by atoms with Crippen molar-refractivity contribution < 1.29 is 4.39 Å². The van der Waals surface area contributed by atoms with Crippen LogP contribution >= 0.6 is 11.9 Å². The lowest BCUT2D eigenvalue weighted by atomic mass is 9.99. The minimum Gasteiger partial charge on any atom is -0.349 e. The molecular formula is C18H18FN7S. The number of aromatic nitrogens is 5. The maximum absolute atomic E-state index is 13.9. The first-order chi connectivity index (χ1) is 13.2. The lowest BCUT2D eigenvalue weighted by molar-refractivity contribution is 0.563. The van der Waals surface area contributed by atoms with Crippen LogP contribution in [0.15, 0.2) is 36.8 Å². The molecule has 0 fully saturated rings. The second-order valence-electron chi connectivity index (χ2n) is 6.13. The molecule has 0 aliphatic carbocycles. The van der Waals surface area contributed by atoms with E-state index in [-0.39, 0.29) is 6.04 Å². The Morgan fingerprint density at radius 3 is 2.74 bits per heavy atom. The van der Waals surface area contributed by atoms with E-state index in [0.29, 0.717) is 36.1 Å². The van der Waals surface area contributed by atoms with Gasteiger partial charge in [0.2, 0.25) is 5.95 Å². The Bertz CT molecular complexity index is 954. The second-order valence-corrected chi connectivity index (χ2v) is 6.74. The van der Waals surface area contributed by atoms with E-state index in [0.717, 1.165) is 11.3 Å². The van der Waals surface area contributed by atoms with Gasteiger partial charge >= 0.3 is 0 Å². The normalized spacial score (nSPS) is 16.1. The zero-order valence-corrected chi connectivity index (χ0v) is 15.7. The Morgan fingerprint density at radius 2 is 1.96 bits per heavy atom. The van der Waals surface area contributed by atoms with Crippen molar-refractivity contribution in [2.24, 2.45) is 0 Å². The molecule has 0 radical (unpaired) electrons. The van der Waals surface area contributed by atoms with E-state index in [2.05, 4.69) is 34.5 Å². The zero-order chi connectivity index (χ0) is 18.8. The van der Waals surface area contributed by atoms with Crippen molar-refractivity contribution in [2.75, 3.05) is 22.4 Å². The van der Waals surface area contributed by atoms with Crippen molar-refractivity contribution in [3.05, 3.63) is 54.0 Å². The number of anilines is 2. The molecule has 9 heteroatoms. The predicted molar refractivity (Wildman–Crippen MR) is 104 cm³/mol. The van der Waals surface area contributed by atoms with Crippen LogP contribution < -0.4 is 9.62 Å². The van der Waals surface area contributed by atoms with Crippen molar-refractivity contribution in [1.29, 1.82) is 0 Å². The number of pyridine rings is 1. The van der Waals surface area contributed by atoms with Gasteiger partial charge < -0.3 is 9.62 Å². The first-order valence-corrected chi connectivity index (χ1v) is 9.74. The van der Waals surface area contributed by atoms with E-state index in [1.54, 1.807) is 18.5 Å². The number of fused-ring (bicyclic) bond motifs is 1. The highest BCUT2D eigenvalue weighted by Gasteiger charge is 2.27. The van der Waals surface area contributed by atoms with Gasteiger partial charge in [0, 0.05) is 55.5 Å². The van der Waals surface area contributed by atoms with Crippen molar-refractivity contribution in [1.82, 2.24) is 24.9 Å². The topological polar surface area (TPSA) is 79.7 Å². The average molecular weight is 383 g/mol. The third-order valence-electron chi connectivity index (χ3n) is 4.47. The summed E-state index contributed by atoms with van der Waals surface area (Å²) in [5, 5.41) is 0. The van der Waals surface area contributed by atoms with Crippen molar-refractivity contribution in [2.45, 2.75) is 19.4 Å². The van der Waals surface area contributed by atoms with Crippen molar-refractivity contribution in [3.8, 4) is 11.6 Å². The smallest absolute Gasteiger partial charge is 0.216 e. The molecule has 27 heavy (non-hydrogen) atoms. The van der Waals surface area contributed by atoms with Gasteiger partial charge in [-0.3, -0.25) is 0 Å². The van der Waals surface area contributed by atoms with E-state index >= 15 is 0 Å². The molecular weight excluding hydrogens is 365 g/mol. The van der Waals surface area contributed by atoms with Crippen LogP contribution in [0.3, 0.4) is 0 Å². The fraction of sp³-hybridized carbons (Fsp3) is 0.278. The van der Waals surface area contributed by atoms with Gasteiger partial charge in [-0.25, -0.2) is 24.9 Å². The summed E-state index contributed by atoms with van der Waals surface area (Å²) in [6.07, 6.45) is 7.76. The van der Waals surface area contributed by atoms with Gasteiger partial charge in [-0.2, -0.15) is 4.39 Å². The molecule has 4 rings (SSSR count). The van der Waals surface area contributed by atoms with Crippen LogP contribution in [-0.4, -0.2) is 37.7 Å². The van der Waals surface area contributed by atoms with E-state index in [1.165, 1.54) is 18.0 Å². The number of nitrogens with zero attached hydrogens (tertiary/aromatic N) is 6. The number of nitrogens with one attached hydrogen (secondary N) is 1. The van der Waals surface area contributed by atoms with E-state index < -0.39 is 5.95 Å². The van der Waals surface area contributed by atoms with Gasteiger partial charge in [0.15, 0.2) is 11.6 Å². The van der Waals surface area contributed by atoms with Crippen LogP contribution in [0.2, 0.25) is 0 Å². The van der Waals surface area contributed by atoms with Gasteiger partial charge in [-0.05, 0) is 13.0 Å². The summed E-state index contributed by atoms with van der Waals surface area (Å²) >= 11 is 1.41. The third kappa shape index (κ3) is 3.55. The molecule has 3 aromatic heterocycles. The first-order valence-electron chi connectivity index (χ1n) is 8.52. The van der Waals surface area contributed by atoms with Crippen LogP contribution in [0, 0.1) is 5.95 Å². The van der Waals surface area contributed by atoms with Gasteiger partial charge in [-0.1, -0.05) is 11.9 Å². The maximum Gasteiger partial charge on any atom is 0.216 e. The van der Waals surface area contributed by atoms with E-state index in [9.17, 15) is 4.39 Å². The quantitative estimate of drug-likeness (QED) is 0.543. The molecule has 1 N–H and O–H groups in total. The molecule has 1 unspecified atom stereocenters. The molecule has 3 aromatic rings. The van der Waals surface area contributed by atoms with Crippen LogP contribution in [0.25, 0.3) is 11.6 Å². The van der Waals surface area contributed by atoms with Crippen molar-refractivity contribution >= 4 is 23.5 Å². The average Bonchev–Trinajstić information content (AvgIpc) is 2.68. The van der Waals surface area contributed by atoms with Gasteiger partial charge in [0.1, 0.15) is 5.82 Å². The highest BCUT2D eigenvalue weighted by Crippen LogP contribution is 2.33. The molecule has 138 valence electrons.